The third-order valence-electron chi connectivity index (χ3n) is 5.33. The van der Waals surface area contributed by atoms with E-state index in [0.717, 1.165) is 38.5 Å². The first kappa shape index (κ1) is 21.4. The van der Waals surface area contributed by atoms with Crippen LogP contribution in [0.3, 0.4) is 0 Å². The number of hydrogen-bond acceptors (Lipinski definition) is 4. The summed E-state index contributed by atoms with van der Waals surface area (Å²) in [6.45, 7) is 0.713. The van der Waals surface area contributed by atoms with Gasteiger partial charge in [0.2, 0.25) is 0 Å². The molecule has 1 N–H and O–H groups in total. The van der Waals surface area contributed by atoms with Gasteiger partial charge in [-0.05, 0) is 65.9 Å². The quantitative estimate of drug-likeness (QED) is 0.349. The van der Waals surface area contributed by atoms with E-state index >= 15 is 0 Å². The van der Waals surface area contributed by atoms with Gasteiger partial charge in [-0.25, -0.2) is 4.99 Å². The number of halogens is 1. The van der Waals surface area contributed by atoms with Crippen LogP contribution in [0.25, 0.3) is 17.0 Å². The fourth-order valence-corrected chi connectivity index (χ4v) is 4.66. The number of amidine groups is 1. The summed E-state index contributed by atoms with van der Waals surface area (Å²) in [5, 5.41) is 5.22. The van der Waals surface area contributed by atoms with E-state index < -0.39 is 0 Å². The van der Waals surface area contributed by atoms with Crippen LogP contribution in [0.2, 0.25) is 5.02 Å². The highest BCUT2D eigenvalue weighted by Crippen LogP contribution is 2.31. The number of rotatable bonds is 5. The molecule has 5 nitrogen and oxygen atoms in total. The molecule has 0 aliphatic carbocycles. The van der Waals surface area contributed by atoms with Gasteiger partial charge in [0.05, 0.1) is 17.7 Å². The maximum atomic E-state index is 12.6. The van der Waals surface area contributed by atoms with Crippen LogP contribution in [-0.4, -0.2) is 22.8 Å². The van der Waals surface area contributed by atoms with Crippen molar-refractivity contribution in [2.24, 2.45) is 4.99 Å². The lowest BCUT2D eigenvalue weighted by atomic mass is 10.1. The lowest BCUT2D eigenvalue weighted by molar-refractivity contribution is -0.115. The minimum Gasteiger partial charge on any atom is -0.497 e. The van der Waals surface area contributed by atoms with Crippen molar-refractivity contribution in [2.45, 2.75) is 6.54 Å². The lowest BCUT2D eigenvalue weighted by Crippen LogP contribution is -2.19. The molecule has 0 atom stereocenters. The van der Waals surface area contributed by atoms with E-state index in [1.165, 1.54) is 11.8 Å². The van der Waals surface area contributed by atoms with Gasteiger partial charge in [0.25, 0.3) is 5.91 Å². The van der Waals surface area contributed by atoms with Crippen LogP contribution in [0.5, 0.6) is 5.75 Å². The Kier molecular flexibility index (Phi) is 5.94. The molecular formula is C26H20ClN3O2S. The summed E-state index contributed by atoms with van der Waals surface area (Å²) in [4.78, 5) is 17.8. The Morgan fingerprint density at radius 2 is 1.82 bits per heavy atom. The summed E-state index contributed by atoms with van der Waals surface area (Å²) < 4.78 is 7.37. The van der Waals surface area contributed by atoms with Crippen molar-refractivity contribution in [1.82, 2.24) is 9.88 Å². The SMILES string of the molecule is COc1ccc(N=C2NC(=O)/C(=C\c3cn(Cc4ccc(Cl)cc4)c4ccccc34)S2)cc1. The van der Waals surface area contributed by atoms with E-state index in [1.807, 2.05) is 66.7 Å². The second-order valence-electron chi connectivity index (χ2n) is 7.54. The Labute approximate surface area is 200 Å². The average Bonchev–Trinajstić information content (AvgIpc) is 3.35. The number of para-hydroxylation sites is 1. The number of carbonyl (C=O) groups is 1. The van der Waals surface area contributed by atoms with Crippen LogP contribution in [-0.2, 0) is 11.3 Å². The Morgan fingerprint density at radius 3 is 2.58 bits per heavy atom. The number of aliphatic imine (C=N–C) groups is 1. The van der Waals surface area contributed by atoms with Crippen LogP contribution in [0.4, 0.5) is 5.69 Å². The fraction of sp³-hybridized carbons (Fsp3) is 0.0769. The zero-order valence-electron chi connectivity index (χ0n) is 17.8. The van der Waals surface area contributed by atoms with Crippen molar-refractivity contribution >= 4 is 57.1 Å². The van der Waals surface area contributed by atoms with Gasteiger partial charge in [-0.3, -0.25) is 4.79 Å². The van der Waals surface area contributed by atoms with Gasteiger partial charge in [0.1, 0.15) is 5.75 Å². The van der Waals surface area contributed by atoms with Gasteiger partial charge in [-0.1, -0.05) is 41.9 Å². The van der Waals surface area contributed by atoms with Crippen LogP contribution in [0, 0.1) is 0 Å². The molecule has 1 fully saturated rings. The number of aromatic nitrogens is 1. The summed E-state index contributed by atoms with van der Waals surface area (Å²) >= 11 is 7.37. The topological polar surface area (TPSA) is 55.6 Å². The number of benzene rings is 3. The number of nitrogens with one attached hydrogen (secondary N) is 1. The average molecular weight is 474 g/mol. The predicted molar refractivity (Wildman–Crippen MR) is 136 cm³/mol. The molecule has 4 aromatic rings. The van der Waals surface area contributed by atoms with E-state index in [-0.39, 0.29) is 5.91 Å². The summed E-state index contributed by atoms with van der Waals surface area (Å²) in [7, 11) is 1.62. The second kappa shape index (κ2) is 9.17. The lowest BCUT2D eigenvalue weighted by Gasteiger charge is -2.05. The number of methoxy groups -OCH3 is 1. The van der Waals surface area contributed by atoms with E-state index in [9.17, 15) is 4.79 Å². The van der Waals surface area contributed by atoms with Crippen molar-refractivity contribution in [3.63, 3.8) is 0 Å². The van der Waals surface area contributed by atoms with Crippen molar-refractivity contribution in [2.75, 3.05) is 7.11 Å². The van der Waals surface area contributed by atoms with Crippen LogP contribution < -0.4 is 10.1 Å². The van der Waals surface area contributed by atoms with Gasteiger partial charge >= 0.3 is 0 Å². The number of ether oxygens (including phenoxy) is 1. The molecule has 1 amide bonds. The first-order chi connectivity index (χ1) is 16.1. The third-order valence-corrected chi connectivity index (χ3v) is 6.49. The van der Waals surface area contributed by atoms with Gasteiger partial charge in [-0.15, -0.1) is 0 Å². The molecule has 2 heterocycles. The molecule has 7 heteroatoms. The maximum Gasteiger partial charge on any atom is 0.264 e. The van der Waals surface area contributed by atoms with Crippen LogP contribution in [0.15, 0.2) is 88.9 Å². The van der Waals surface area contributed by atoms with Gasteiger partial charge in [0, 0.05) is 34.2 Å². The zero-order valence-corrected chi connectivity index (χ0v) is 19.4. The number of hydrogen-bond donors (Lipinski definition) is 1. The summed E-state index contributed by atoms with van der Waals surface area (Å²) in [6.07, 6.45) is 4.01. The van der Waals surface area contributed by atoms with E-state index in [4.69, 9.17) is 16.3 Å². The Hall–Kier alpha value is -3.48. The molecule has 0 bridgehead atoms. The highest BCUT2D eigenvalue weighted by Gasteiger charge is 2.24. The monoisotopic (exact) mass is 473 g/mol. The number of thioether (sulfide) groups is 1. The van der Waals surface area contributed by atoms with Gasteiger partial charge < -0.3 is 14.6 Å². The molecule has 164 valence electrons. The summed E-state index contributed by atoms with van der Waals surface area (Å²) in [5.74, 6) is 0.611. The largest absolute Gasteiger partial charge is 0.497 e. The summed E-state index contributed by atoms with van der Waals surface area (Å²) in [6, 6.07) is 23.4. The Morgan fingerprint density at radius 1 is 1.06 bits per heavy atom. The molecule has 1 aliphatic heterocycles. The minimum atomic E-state index is -0.151. The molecule has 0 saturated carbocycles. The number of nitrogens with zero attached hydrogens (tertiary/aromatic N) is 2. The Balaban J connectivity index is 1.44. The normalized spacial score (nSPS) is 16.0. The highest BCUT2D eigenvalue weighted by atomic mass is 35.5. The molecule has 1 saturated heterocycles. The molecule has 0 unspecified atom stereocenters. The molecule has 1 aromatic heterocycles. The van der Waals surface area contributed by atoms with Crippen LogP contribution in [0.1, 0.15) is 11.1 Å². The van der Waals surface area contributed by atoms with Crippen molar-refractivity contribution in [3.05, 3.63) is 100 Å². The van der Waals surface area contributed by atoms with Gasteiger partial charge in [-0.2, -0.15) is 0 Å². The van der Waals surface area contributed by atoms with E-state index in [0.29, 0.717) is 16.6 Å². The highest BCUT2D eigenvalue weighted by molar-refractivity contribution is 8.18. The first-order valence-corrected chi connectivity index (χ1v) is 11.5. The van der Waals surface area contributed by atoms with Gasteiger partial charge in [0.15, 0.2) is 5.17 Å². The van der Waals surface area contributed by atoms with Crippen molar-refractivity contribution < 1.29 is 9.53 Å². The first-order valence-electron chi connectivity index (χ1n) is 10.3. The predicted octanol–water partition coefficient (Wildman–Crippen LogP) is 6.24. The molecular weight excluding hydrogens is 454 g/mol. The number of amides is 1. The molecule has 5 rings (SSSR count). The number of carbonyl (C=O) groups excluding carboxylic acids is 1. The summed E-state index contributed by atoms with van der Waals surface area (Å²) in [5.41, 5.74) is 4.00. The fourth-order valence-electron chi connectivity index (χ4n) is 3.70. The second-order valence-corrected chi connectivity index (χ2v) is 9.00. The van der Waals surface area contributed by atoms with E-state index in [2.05, 4.69) is 33.2 Å². The molecule has 3 aromatic carbocycles. The maximum absolute atomic E-state index is 12.6. The molecule has 1 aliphatic rings. The van der Waals surface area contributed by atoms with E-state index in [1.54, 1.807) is 7.11 Å². The zero-order chi connectivity index (χ0) is 22.8. The van der Waals surface area contributed by atoms with Crippen LogP contribution >= 0.6 is 23.4 Å². The smallest absolute Gasteiger partial charge is 0.264 e. The van der Waals surface area contributed by atoms with Crippen molar-refractivity contribution in [3.8, 4) is 5.75 Å². The number of fused-ring (bicyclic) bond motifs is 1. The third kappa shape index (κ3) is 4.67. The van der Waals surface area contributed by atoms with Crippen molar-refractivity contribution in [1.29, 1.82) is 0 Å². The molecule has 0 radical (unpaired) electrons. The molecule has 0 spiro atoms. The molecule has 33 heavy (non-hydrogen) atoms. The standard InChI is InChI=1S/C26H20ClN3O2S/c1-32-21-12-10-20(11-13-21)28-26-29-25(31)24(33-26)14-18-16-30(23-5-3-2-4-22(18)23)15-17-6-8-19(27)9-7-17/h2-14,16H,15H2,1H3,(H,28,29,31)/b24-14+. The Bertz CT molecular complexity index is 1390. The minimum absolute atomic E-state index is 0.151.